The van der Waals surface area contributed by atoms with Crippen LogP contribution in [0.3, 0.4) is 0 Å². The predicted octanol–water partition coefficient (Wildman–Crippen LogP) is 4.27. The van der Waals surface area contributed by atoms with E-state index in [1.165, 1.54) is 61.6 Å². The van der Waals surface area contributed by atoms with Crippen molar-refractivity contribution in [1.29, 1.82) is 0 Å². The number of fused-ring (bicyclic) bond motifs is 1. The van der Waals surface area contributed by atoms with Crippen molar-refractivity contribution >= 4 is 0 Å². The fraction of sp³-hybridized carbons (Fsp3) is 0.625. The SMILES string of the molecule is CCCCCCCOCc1ccc2c(c1)CC2. The first kappa shape index (κ1) is 12.6. The number of benzene rings is 1. The minimum atomic E-state index is 0.793. The fourth-order valence-electron chi connectivity index (χ4n) is 2.34. The van der Waals surface area contributed by atoms with Crippen LogP contribution in [0.5, 0.6) is 0 Å². The molecule has 2 rings (SSSR count). The molecular formula is C16H24O. The Bertz CT molecular complexity index is 343. The van der Waals surface area contributed by atoms with E-state index in [0.717, 1.165) is 13.2 Å². The second kappa shape index (κ2) is 6.80. The summed E-state index contributed by atoms with van der Waals surface area (Å²) in [6, 6.07) is 6.80. The average molecular weight is 232 g/mol. The van der Waals surface area contributed by atoms with E-state index in [-0.39, 0.29) is 0 Å². The lowest BCUT2D eigenvalue weighted by Crippen LogP contribution is -2.08. The molecule has 0 unspecified atom stereocenters. The summed E-state index contributed by atoms with van der Waals surface area (Å²) in [5, 5.41) is 0. The second-order valence-electron chi connectivity index (χ2n) is 5.07. The molecule has 1 nitrogen and oxygen atoms in total. The maximum atomic E-state index is 5.72. The summed E-state index contributed by atoms with van der Waals surface area (Å²) in [5.74, 6) is 0. The summed E-state index contributed by atoms with van der Waals surface area (Å²) >= 11 is 0. The standard InChI is InChI=1S/C16H24O/c1-2-3-4-5-6-11-17-13-14-7-8-15-9-10-16(15)12-14/h7-8,12H,2-6,9-11,13H2,1H3. The third kappa shape index (κ3) is 3.85. The highest BCUT2D eigenvalue weighted by molar-refractivity contribution is 5.38. The quantitative estimate of drug-likeness (QED) is 0.608. The van der Waals surface area contributed by atoms with Gasteiger partial charge in [0.05, 0.1) is 6.61 Å². The molecule has 0 fully saturated rings. The number of ether oxygens (including phenoxy) is 1. The molecule has 0 saturated carbocycles. The highest BCUT2D eigenvalue weighted by atomic mass is 16.5. The van der Waals surface area contributed by atoms with Crippen molar-refractivity contribution in [3.63, 3.8) is 0 Å². The average Bonchev–Trinajstić information content (AvgIpc) is 2.31. The lowest BCUT2D eigenvalue weighted by molar-refractivity contribution is 0.116. The van der Waals surface area contributed by atoms with E-state index in [0.29, 0.717) is 0 Å². The molecule has 0 radical (unpaired) electrons. The molecule has 0 saturated heterocycles. The molecule has 0 heterocycles. The van der Waals surface area contributed by atoms with Gasteiger partial charge in [0.25, 0.3) is 0 Å². The topological polar surface area (TPSA) is 9.23 Å². The first-order valence-corrected chi connectivity index (χ1v) is 7.08. The Labute approximate surface area is 105 Å². The molecule has 1 aliphatic rings. The molecule has 94 valence electrons. The van der Waals surface area contributed by atoms with Crippen molar-refractivity contribution in [2.24, 2.45) is 0 Å². The highest BCUT2D eigenvalue weighted by Gasteiger charge is 2.12. The van der Waals surface area contributed by atoms with E-state index < -0.39 is 0 Å². The van der Waals surface area contributed by atoms with Crippen molar-refractivity contribution in [1.82, 2.24) is 0 Å². The smallest absolute Gasteiger partial charge is 0.0716 e. The maximum absolute atomic E-state index is 5.72. The van der Waals surface area contributed by atoms with Crippen LogP contribution in [-0.4, -0.2) is 6.61 Å². The summed E-state index contributed by atoms with van der Waals surface area (Å²) in [7, 11) is 0. The van der Waals surface area contributed by atoms with E-state index in [9.17, 15) is 0 Å². The Morgan fingerprint density at radius 1 is 1.00 bits per heavy atom. The summed E-state index contributed by atoms with van der Waals surface area (Å²) in [6.07, 6.45) is 9.11. The van der Waals surface area contributed by atoms with Gasteiger partial charge in [0.15, 0.2) is 0 Å². The van der Waals surface area contributed by atoms with Crippen molar-refractivity contribution in [2.75, 3.05) is 6.61 Å². The van der Waals surface area contributed by atoms with Crippen LogP contribution in [-0.2, 0) is 24.2 Å². The molecule has 0 bridgehead atoms. The second-order valence-corrected chi connectivity index (χ2v) is 5.07. The number of aryl methyl sites for hydroxylation is 2. The van der Waals surface area contributed by atoms with Crippen LogP contribution in [0.25, 0.3) is 0 Å². The number of hydrogen-bond donors (Lipinski definition) is 0. The lowest BCUT2D eigenvalue weighted by atomic mass is 9.87. The van der Waals surface area contributed by atoms with Gasteiger partial charge >= 0.3 is 0 Å². The summed E-state index contributed by atoms with van der Waals surface area (Å²) in [5.41, 5.74) is 4.42. The van der Waals surface area contributed by atoms with Crippen LogP contribution >= 0.6 is 0 Å². The molecule has 0 aromatic heterocycles. The van der Waals surface area contributed by atoms with Gasteiger partial charge < -0.3 is 4.74 Å². The van der Waals surface area contributed by atoms with Gasteiger partial charge in [-0.2, -0.15) is 0 Å². The van der Waals surface area contributed by atoms with Crippen LogP contribution < -0.4 is 0 Å². The van der Waals surface area contributed by atoms with E-state index >= 15 is 0 Å². The number of hydrogen-bond acceptors (Lipinski definition) is 1. The number of unbranched alkanes of at least 4 members (excludes halogenated alkanes) is 4. The molecule has 1 heteroatoms. The minimum absolute atomic E-state index is 0.793. The van der Waals surface area contributed by atoms with Crippen molar-refractivity contribution in [2.45, 2.75) is 58.5 Å². The van der Waals surface area contributed by atoms with Gasteiger partial charge in [-0.05, 0) is 36.0 Å². The first-order valence-electron chi connectivity index (χ1n) is 7.08. The van der Waals surface area contributed by atoms with Crippen LogP contribution in [0.1, 0.15) is 55.7 Å². The Balaban J connectivity index is 1.57. The molecule has 0 N–H and O–H groups in total. The Morgan fingerprint density at radius 3 is 2.53 bits per heavy atom. The van der Waals surface area contributed by atoms with Crippen molar-refractivity contribution in [3.8, 4) is 0 Å². The molecule has 0 aliphatic heterocycles. The Hall–Kier alpha value is -0.820. The van der Waals surface area contributed by atoms with Gasteiger partial charge in [0, 0.05) is 6.61 Å². The van der Waals surface area contributed by atoms with E-state index in [1.807, 2.05) is 0 Å². The molecular weight excluding hydrogens is 208 g/mol. The molecule has 1 aromatic carbocycles. The minimum Gasteiger partial charge on any atom is -0.377 e. The van der Waals surface area contributed by atoms with Gasteiger partial charge in [0.2, 0.25) is 0 Å². The molecule has 0 spiro atoms. The van der Waals surface area contributed by atoms with Crippen LogP contribution in [0.15, 0.2) is 18.2 Å². The van der Waals surface area contributed by atoms with Crippen LogP contribution in [0.2, 0.25) is 0 Å². The molecule has 17 heavy (non-hydrogen) atoms. The Kier molecular flexibility index (Phi) is 5.06. The van der Waals surface area contributed by atoms with Crippen molar-refractivity contribution < 1.29 is 4.74 Å². The van der Waals surface area contributed by atoms with E-state index in [2.05, 4.69) is 25.1 Å². The highest BCUT2D eigenvalue weighted by Crippen LogP contribution is 2.23. The van der Waals surface area contributed by atoms with Crippen molar-refractivity contribution in [3.05, 3.63) is 34.9 Å². The molecule has 1 aromatic rings. The van der Waals surface area contributed by atoms with Gasteiger partial charge in [-0.3, -0.25) is 0 Å². The normalized spacial score (nSPS) is 13.2. The first-order chi connectivity index (χ1) is 8.40. The van der Waals surface area contributed by atoms with Gasteiger partial charge in [-0.25, -0.2) is 0 Å². The number of rotatable bonds is 8. The third-order valence-corrected chi connectivity index (χ3v) is 3.60. The molecule has 1 aliphatic carbocycles. The zero-order valence-corrected chi connectivity index (χ0v) is 11.0. The zero-order chi connectivity index (χ0) is 11.9. The largest absolute Gasteiger partial charge is 0.377 e. The molecule has 0 atom stereocenters. The van der Waals surface area contributed by atoms with Crippen LogP contribution in [0, 0.1) is 0 Å². The van der Waals surface area contributed by atoms with E-state index in [4.69, 9.17) is 4.74 Å². The summed E-state index contributed by atoms with van der Waals surface area (Å²) in [6.45, 7) is 3.96. The molecule has 0 amide bonds. The van der Waals surface area contributed by atoms with Gasteiger partial charge in [-0.1, -0.05) is 50.8 Å². The predicted molar refractivity (Wildman–Crippen MR) is 72.3 cm³/mol. The Morgan fingerprint density at radius 2 is 1.82 bits per heavy atom. The fourth-order valence-corrected chi connectivity index (χ4v) is 2.34. The van der Waals surface area contributed by atoms with Gasteiger partial charge in [-0.15, -0.1) is 0 Å². The third-order valence-electron chi connectivity index (χ3n) is 3.60. The zero-order valence-electron chi connectivity index (χ0n) is 11.0. The van der Waals surface area contributed by atoms with Gasteiger partial charge in [0.1, 0.15) is 0 Å². The maximum Gasteiger partial charge on any atom is 0.0716 e. The van der Waals surface area contributed by atoms with Crippen LogP contribution in [0.4, 0.5) is 0 Å². The lowest BCUT2D eigenvalue weighted by Gasteiger charge is -2.19. The summed E-state index contributed by atoms with van der Waals surface area (Å²) in [4.78, 5) is 0. The summed E-state index contributed by atoms with van der Waals surface area (Å²) < 4.78 is 5.72. The monoisotopic (exact) mass is 232 g/mol. The van der Waals surface area contributed by atoms with E-state index in [1.54, 1.807) is 0 Å².